The summed E-state index contributed by atoms with van der Waals surface area (Å²) in [4.78, 5) is 16.2. The molecule has 0 spiro atoms. The second-order valence-electron chi connectivity index (χ2n) is 7.24. The number of nitrogens with one attached hydrogen (secondary N) is 3. The summed E-state index contributed by atoms with van der Waals surface area (Å²) in [7, 11) is 0. The second kappa shape index (κ2) is 11.4. The fourth-order valence-corrected chi connectivity index (χ4v) is 2.67. The number of hydrogen-bond acceptors (Lipinski definition) is 2. The third-order valence-electron chi connectivity index (χ3n) is 4.14. The zero-order chi connectivity index (χ0) is 18.2. The highest BCUT2D eigenvalue weighted by atomic mass is 127. The van der Waals surface area contributed by atoms with Crippen molar-refractivity contribution < 1.29 is 4.79 Å². The first-order chi connectivity index (χ1) is 12.0. The number of aliphatic imine (C=N–C) groups is 1. The van der Waals surface area contributed by atoms with Crippen LogP contribution in [0, 0.1) is 5.92 Å². The van der Waals surface area contributed by atoms with Crippen LogP contribution in [0.3, 0.4) is 0 Å². The van der Waals surface area contributed by atoms with Crippen molar-refractivity contribution in [3.8, 4) is 0 Å². The van der Waals surface area contributed by atoms with Crippen molar-refractivity contribution in [1.29, 1.82) is 0 Å². The van der Waals surface area contributed by atoms with Gasteiger partial charge in [0.2, 0.25) is 5.91 Å². The molecule has 1 aromatic carbocycles. The van der Waals surface area contributed by atoms with Gasteiger partial charge >= 0.3 is 0 Å². The summed E-state index contributed by atoms with van der Waals surface area (Å²) in [6, 6.07) is 9.22. The average molecular weight is 472 g/mol. The van der Waals surface area contributed by atoms with Crippen LogP contribution in [0.1, 0.15) is 57.7 Å². The van der Waals surface area contributed by atoms with E-state index < -0.39 is 0 Å². The van der Waals surface area contributed by atoms with Crippen LogP contribution >= 0.6 is 24.0 Å². The number of halogens is 1. The quantitative estimate of drug-likeness (QED) is 0.309. The topological polar surface area (TPSA) is 65.5 Å². The molecule has 6 heteroatoms. The fraction of sp³-hybridized carbons (Fsp3) is 0.600. The smallest absolute Gasteiger partial charge is 0.242 e. The van der Waals surface area contributed by atoms with Crippen molar-refractivity contribution in [2.45, 2.75) is 59.0 Å². The van der Waals surface area contributed by atoms with Crippen molar-refractivity contribution in [3.05, 3.63) is 35.4 Å². The molecule has 1 fully saturated rings. The van der Waals surface area contributed by atoms with Gasteiger partial charge in [0.15, 0.2) is 5.96 Å². The van der Waals surface area contributed by atoms with Gasteiger partial charge in [0.1, 0.15) is 6.54 Å². The lowest BCUT2D eigenvalue weighted by atomic mass is 10.00. The Bertz CT molecular complexity index is 582. The molecule has 0 aromatic heterocycles. The highest BCUT2D eigenvalue weighted by molar-refractivity contribution is 14.0. The van der Waals surface area contributed by atoms with Gasteiger partial charge in [-0.1, -0.05) is 38.1 Å². The number of carbonyl (C=O) groups excluding carboxylic acids is 1. The van der Waals surface area contributed by atoms with Crippen molar-refractivity contribution in [2.75, 3.05) is 13.1 Å². The highest BCUT2D eigenvalue weighted by Crippen LogP contribution is 2.18. The van der Waals surface area contributed by atoms with E-state index in [1.807, 2.05) is 6.92 Å². The van der Waals surface area contributed by atoms with Crippen molar-refractivity contribution >= 4 is 35.8 Å². The van der Waals surface area contributed by atoms with E-state index in [0.717, 1.165) is 25.8 Å². The Balaban J connectivity index is 0.00000338. The maximum absolute atomic E-state index is 11.8. The second-order valence-corrected chi connectivity index (χ2v) is 7.24. The van der Waals surface area contributed by atoms with E-state index in [1.165, 1.54) is 11.1 Å². The lowest BCUT2D eigenvalue weighted by Crippen LogP contribution is -2.39. The Morgan fingerprint density at radius 3 is 2.38 bits per heavy atom. The minimum absolute atomic E-state index is 0. The normalized spacial score (nSPS) is 15.2. The van der Waals surface area contributed by atoms with Crippen LogP contribution in [-0.4, -0.2) is 31.0 Å². The molecule has 26 heavy (non-hydrogen) atoms. The monoisotopic (exact) mass is 472 g/mol. The number of guanidine groups is 1. The van der Waals surface area contributed by atoms with Gasteiger partial charge in [-0.15, -0.1) is 24.0 Å². The summed E-state index contributed by atoms with van der Waals surface area (Å²) in [6.07, 6.45) is 3.29. The molecule has 1 aliphatic rings. The molecule has 2 rings (SSSR count). The summed E-state index contributed by atoms with van der Waals surface area (Å²) >= 11 is 0. The van der Waals surface area contributed by atoms with Gasteiger partial charge < -0.3 is 16.0 Å². The van der Waals surface area contributed by atoms with Gasteiger partial charge in [-0.3, -0.25) is 4.79 Å². The molecule has 1 aromatic rings. The summed E-state index contributed by atoms with van der Waals surface area (Å²) < 4.78 is 0. The summed E-state index contributed by atoms with van der Waals surface area (Å²) in [6.45, 7) is 9.51. The number of amides is 1. The predicted octanol–water partition coefficient (Wildman–Crippen LogP) is 3.40. The molecule has 1 aliphatic carbocycles. The third kappa shape index (κ3) is 8.38. The largest absolute Gasteiger partial charge is 0.357 e. The molecule has 0 saturated heterocycles. The van der Waals surface area contributed by atoms with Crippen molar-refractivity contribution in [1.82, 2.24) is 16.0 Å². The third-order valence-corrected chi connectivity index (χ3v) is 4.14. The van der Waals surface area contributed by atoms with Crippen LogP contribution in [0.25, 0.3) is 0 Å². The molecular formula is C20H33IN4O. The number of hydrogen-bond donors (Lipinski definition) is 3. The molecule has 146 valence electrons. The van der Waals surface area contributed by atoms with Gasteiger partial charge in [-0.05, 0) is 50.2 Å². The first-order valence-corrected chi connectivity index (χ1v) is 9.41. The van der Waals surface area contributed by atoms with Crippen LogP contribution in [0.4, 0.5) is 0 Å². The number of rotatable bonds is 8. The van der Waals surface area contributed by atoms with E-state index in [1.54, 1.807) is 0 Å². The maximum atomic E-state index is 11.8. The molecular weight excluding hydrogens is 439 g/mol. The van der Waals surface area contributed by atoms with Gasteiger partial charge in [0.05, 0.1) is 6.04 Å². The Morgan fingerprint density at radius 2 is 1.85 bits per heavy atom. The molecule has 1 atom stereocenters. The average Bonchev–Trinajstić information content (AvgIpc) is 3.37. The number of carbonyl (C=O) groups is 1. The molecule has 0 bridgehead atoms. The molecule has 3 N–H and O–H groups in total. The molecule has 1 amide bonds. The maximum Gasteiger partial charge on any atom is 0.242 e. The fourth-order valence-electron chi connectivity index (χ4n) is 2.67. The van der Waals surface area contributed by atoms with Crippen LogP contribution < -0.4 is 16.0 Å². The first kappa shape index (κ1) is 22.7. The van der Waals surface area contributed by atoms with Gasteiger partial charge in [-0.2, -0.15) is 0 Å². The molecule has 1 unspecified atom stereocenters. The van der Waals surface area contributed by atoms with E-state index in [4.69, 9.17) is 0 Å². The number of nitrogens with zero attached hydrogens (tertiary/aromatic N) is 1. The van der Waals surface area contributed by atoms with E-state index in [9.17, 15) is 4.79 Å². The summed E-state index contributed by atoms with van der Waals surface area (Å²) in [5.74, 6) is 1.33. The van der Waals surface area contributed by atoms with Crippen LogP contribution in [0.5, 0.6) is 0 Å². The Kier molecular flexibility index (Phi) is 9.98. The molecule has 0 heterocycles. The van der Waals surface area contributed by atoms with Crippen LogP contribution in [-0.2, 0) is 11.2 Å². The molecule has 0 aliphatic heterocycles. The summed E-state index contributed by atoms with van der Waals surface area (Å²) in [5.41, 5.74) is 2.57. The van der Waals surface area contributed by atoms with Gasteiger partial charge in [-0.25, -0.2) is 4.99 Å². The minimum Gasteiger partial charge on any atom is -0.357 e. The Morgan fingerprint density at radius 1 is 1.19 bits per heavy atom. The van der Waals surface area contributed by atoms with E-state index in [0.29, 0.717) is 17.9 Å². The van der Waals surface area contributed by atoms with Crippen molar-refractivity contribution in [3.63, 3.8) is 0 Å². The Labute approximate surface area is 174 Å². The molecule has 0 radical (unpaired) electrons. The molecule has 5 nitrogen and oxygen atoms in total. The van der Waals surface area contributed by atoms with Crippen LogP contribution in [0.15, 0.2) is 29.3 Å². The minimum atomic E-state index is -0.00889. The lowest BCUT2D eigenvalue weighted by Gasteiger charge is -2.18. The standard InChI is InChI=1S/C20H32N4O.HI/c1-5-21-20(22-13-19(25)24-18-10-11-18)23-15(4)17-8-6-16(7-9-17)12-14(2)3;/h6-9,14-15,18H,5,10-13H2,1-4H3,(H,24,25)(H2,21,22,23);1H. The van der Waals surface area contributed by atoms with Crippen LogP contribution in [0.2, 0.25) is 0 Å². The SMILES string of the molecule is CCNC(=NCC(=O)NC1CC1)NC(C)c1ccc(CC(C)C)cc1.I. The van der Waals surface area contributed by atoms with E-state index in [-0.39, 0.29) is 42.5 Å². The zero-order valence-corrected chi connectivity index (χ0v) is 18.7. The van der Waals surface area contributed by atoms with E-state index in [2.05, 4.69) is 66.0 Å². The Hall–Kier alpha value is -1.31. The predicted molar refractivity (Wildman–Crippen MR) is 119 cm³/mol. The number of benzene rings is 1. The van der Waals surface area contributed by atoms with Crippen molar-refractivity contribution in [2.24, 2.45) is 10.9 Å². The van der Waals surface area contributed by atoms with Gasteiger partial charge in [0.25, 0.3) is 0 Å². The van der Waals surface area contributed by atoms with Gasteiger partial charge in [0, 0.05) is 12.6 Å². The zero-order valence-electron chi connectivity index (χ0n) is 16.3. The highest BCUT2D eigenvalue weighted by Gasteiger charge is 2.22. The summed E-state index contributed by atoms with van der Waals surface area (Å²) in [5, 5.41) is 9.54. The van der Waals surface area contributed by atoms with E-state index >= 15 is 0 Å². The first-order valence-electron chi connectivity index (χ1n) is 9.41. The molecule has 1 saturated carbocycles. The lowest BCUT2D eigenvalue weighted by molar-refractivity contribution is -0.119.